The molecule has 86 valence electrons. The number of thiazole rings is 1. The van der Waals surface area contributed by atoms with Crippen LogP contribution in [-0.2, 0) is 6.42 Å². The van der Waals surface area contributed by atoms with Crippen molar-refractivity contribution in [2.24, 2.45) is 11.7 Å². The van der Waals surface area contributed by atoms with Crippen LogP contribution in [0.2, 0.25) is 0 Å². The van der Waals surface area contributed by atoms with E-state index < -0.39 is 0 Å². The quantitative estimate of drug-likeness (QED) is 0.725. The summed E-state index contributed by atoms with van der Waals surface area (Å²) in [7, 11) is 0. The van der Waals surface area contributed by atoms with Crippen LogP contribution in [0.15, 0.2) is 5.38 Å². The summed E-state index contributed by atoms with van der Waals surface area (Å²) in [6, 6.07) is 0.264. The van der Waals surface area contributed by atoms with E-state index in [0.717, 1.165) is 25.2 Å². The third-order valence-corrected chi connectivity index (χ3v) is 3.57. The molecule has 0 saturated heterocycles. The molecule has 3 N–H and O–H groups in total. The lowest BCUT2D eigenvalue weighted by atomic mass is 10.1. The number of hydrogen-bond donors (Lipinski definition) is 2. The van der Waals surface area contributed by atoms with E-state index in [1.165, 1.54) is 5.01 Å². The molecule has 4 heteroatoms. The Labute approximate surface area is 96.1 Å². The predicted octanol–water partition coefficient (Wildman–Crippen LogP) is 1.57. The highest BCUT2D eigenvalue weighted by molar-refractivity contribution is 7.09. The monoisotopic (exact) mass is 227 g/mol. The van der Waals surface area contributed by atoms with Crippen molar-refractivity contribution < 1.29 is 0 Å². The molecule has 0 spiro atoms. The van der Waals surface area contributed by atoms with Crippen molar-refractivity contribution in [2.45, 2.75) is 33.2 Å². The normalized spacial score (nSPS) is 15.2. The van der Waals surface area contributed by atoms with Gasteiger partial charge in [0.05, 0.1) is 5.01 Å². The zero-order valence-electron chi connectivity index (χ0n) is 9.79. The number of rotatable bonds is 6. The van der Waals surface area contributed by atoms with Gasteiger partial charge in [-0.25, -0.2) is 4.98 Å². The molecule has 0 amide bonds. The van der Waals surface area contributed by atoms with E-state index in [4.69, 9.17) is 5.73 Å². The Morgan fingerprint density at radius 3 is 2.80 bits per heavy atom. The fourth-order valence-corrected chi connectivity index (χ4v) is 2.00. The first kappa shape index (κ1) is 12.6. The maximum atomic E-state index is 5.78. The molecule has 0 aromatic carbocycles. The molecule has 0 aliphatic heterocycles. The van der Waals surface area contributed by atoms with Crippen molar-refractivity contribution in [1.29, 1.82) is 0 Å². The van der Waals surface area contributed by atoms with Crippen LogP contribution in [0.4, 0.5) is 0 Å². The average Bonchev–Trinajstić information content (AvgIpc) is 2.58. The number of hydrogen-bond acceptors (Lipinski definition) is 4. The third kappa shape index (κ3) is 4.73. The van der Waals surface area contributed by atoms with Crippen LogP contribution in [0, 0.1) is 12.8 Å². The molecule has 0 radical (unpaired) electrons. The second kappa shape index (κ2) is 6.20. The predicted molar refractivity (Wildman–Crippen MR) is 66.2 cm³/mol. The first-order valence-electron chi connectivity index (χ1n) is 5.47. The first-order valence-corrected chi connectivity index (χ1v) is 6.35. The van der Waals surface area contributed by atoms with Gasteiger partial charge in [0.2, 0.25) is 0 Å². The van der Waals surface area contributed by atoms with Crippen LogP contribution in [0.25, 0.3) is 0 Å². The molecule has 0 aliphatic carbocycles. The van der Waals surface area contributed by atoms with Crippen molar-refractivity contribution in [3.63, 3.8) is 0 Å². The standard InChI is InChI=1S/C11H21N3S/c1-8(10(3)12)6-13-5-4-11-14-9(2)7-15-11/h7-8,10,13H,4-6,12H2,1-3H3. The van der Waals surface area contributed by atoms with Crippen molar-refractivity contribution in [3.05, 3.63) is 16.1 Å². The second-order valence-electron chi connectivity index (χ2n) is 4.17. The summed E-state index contributed by atoms with van der Waals surface area (Å²) in [6.07, 6.45) is 1.02. The van der Waals surface area contributed by atoms with E-state index in [1.54, 1.807) is 11.3 Å². The fraction of sp³-hybridized carbons (Fsp3) is 0.727. The highest BCUT2D eigenvalue weighted by atomic mass is 32.1. The summed E-state index contributed by atoms with van der Waals surface area (Å²) >= 11 is 1.74. The van der Waals surface area contributed by atoms with Gasteiger partial charge in [0.1, 0.15) is 0 Å². The molecule has 15 heavy (non-hydrogen) atoms. The van der Waals surface area contributed by atoms with Gasteiger partial charge in [0.25, 0.3) is 0 Å². The molecule has 2 atom stereocenters. The van der Waals surface area contributed by atoms with Gasteiger partial charge in [0.15, 0.2) is 0 Å². The second-order valence-corrected chi connectivity index (χ2v) is 5.12. The van der Waals surface area contributed by atoms with Crippen LogP contribution in [0.1, 0.15) is 24.5 Å². The lowest BCUT2D eigenvalue weighted by Crippen LogP contribution is -2.33. The van der Waals surface area contributed by atoms with Gasteiger partial charge in [-0.05, 0) is 26.3 Å². The fourth-order valence-electron chi connectivity index (χ4n) is 1.23. The molecule has 1 rings (SSSR count). The van der Waals surface area contributed by atoms with E-state index in [1.807, 2.05) is 6.92 Å². The Hall–Kier alpha value is -0.450. The van der Waals surface area contributed by atoms with Gasteiger partial charge in [-0.15, -0.1) is 11.3 Å². The maximum Gasteiger partial charge on any atom is 0.0940 e. The lowest BCUT2D eigenvalue weighted by molar-refractivity contribution is 0.447. The van der Waals surface area contributed by atoms with Gasteiger partial charge in [-0.2, -0.15) is 0 Å². The molecule has 3 nitrogen and oxygen atoms in total. The molecule has 0 bridgehead atoms. The van der Waals surface area contributed by atoms with Gasteiger partial charge in [-0.3, -0.25) is 0 Å². The largest absolute Gasteiger partial charge is 0.328 e. The highest BCUT2D eigenvalue weighted by Crippen LogP contribution is 2.08. The summed E-state index contributed by atoms with van der Waals surface area (Å²) in [5.41, 5.74) is 6.91. The molecule has 0 aliphatic rings. The number of aromatic nitrogens is 1. The van der Waals surface area contributed by atoms with E-state index in [-0.39, 0.29) is 6.04 Å². The Morgan fingerprint density at radius 1 is 1.53 bits per heavy atom. The number of aryl methyl sites for hydroxylation is 1. The Kier molecular flexibility index (Phi) is 5.22. The minimum atomic E-state index is 0.264. The van der Waals surface area contributed by atoms with Crippen molar-refractivity contribution in [1.82, 2.24) is 10.3 Å². The number of nitrogens with zero attached hydrogens (tertiary/aromatic N) is 1. The first-order chi connectivity index (χ1) is 7.09. The van der Waals surface area contributed by atoms with Crippen LogP contribution < -0.4 is 11.1 Å². The molecule has 0 fully saturated rings. The molecule has 0 saturated carbocycles. The van der Waals surface area contributed by atoms with E-state index in [2.05, 4.69) is 29.5 Å². The van der Waals surface area contributed by atoms with E-state index >= 15 is 0 Å². The molecule has 1 heterocycles. The average molecular weight is 227 g/mol. The van der Waals surface area contributed by atoms with Crippen molar-refractivity contribution >= 4 is 11.3 Å². The van der Waals surface area contributed by atoms with Gasteiger partial charge >= 0.3 is 0 Å². The smallest absolute Gasteiger partial charge is 0.0940 e. The Balaban J connectivity index is 2.12. The van der Waals surface area contributed by atoms with Gasteiger partial charge in [0, 0.05) is 30.1 Å². The summed E-state index contributed by atoms with van der Waals surface area (Å²) in [4.78, 5) is 4.42. The minimum absolute atomic E-state index is 0.264. The Bertz CT molecular complexity index is 283. The lowest BCUT2D eigenvalue weighted by Gasteiger charge is -2.15. The summed E-state index contributed by atoms with van der Waals surface area (Å²) in [5, 5.41) is 6.72. The summed E-state index contributed by atoms with van der Waals surface area (Å²) in [6.45, 7) is 8.24. The number of nitrogens with one attached hydrogen (secondary N) is 1. The van der Waals surface area contributed by atoms with Gasteiger partial charge in [-0.1, -0.05) is 6.92 Å². The summed E-state index contributed by atoms with van der Waals surface area (Å²) in [5.74, 6) is 0.531. The summed E-state index contributed by atoms with van der Waals surface area (Å²) < 4.78 is 0. The van der Waals surface area contributed by atoms with Gasteiger partial charge < -0.3 is 11.1 Å². The van der Waals surface area contributed by atoms with Crippen molar-refractivity contribution in [3.8, 4) is 0 Å². The Morgan fingerprint density at radius 2 is 2.27 bits per heavy atom. The number of nitrogens with two attached hydrogens (primary N) is 1. The maximum absolute atomic E-state index is 5.78. The molecule has 1 aromatic rings. The van der Waals surface area contributed by atoms with Crippen LogP contribution in [-0.4, -0.2) is 24.1 Å². The third-order valence-electron chi connectivity index (χ3n) is 2.55. The molecule has 2 unspecified atom stereocenters. The van der Waals surface area contributed by atoms with E-state index in [0.29, 0.717) is 5.92 Å². The zero-order chi connectivity index (χ0) is 11.3. The van der Waals surface area contributed by atoms with Crippen LogP contribution in [0.3, 0.4) is 0 Å². The zero-order valence-corrected chi connectivity index (χ0v) is 10.6. The minimum Gasteiger partial charge on any atom is -0.328 e. The van der Waals surface area contributed by atoms with Crippen LogP contribution >= 0.6 is 11.3 Å². The van der Waals surface area contributed by atoms with Crippen LogP contribution in [0.5, 0.6) is 0 Å². The van der Waals surface area contributed by atoms with E-state index in [9.17, 15) is 0 Å². The molecular formula is C11H21N3S. The van der Waals surface area contributed by atoms with Crippen molar-refractivity contribution in [2.75, 3.05) is 13.1 Å². The molecular weight excluding hydrogens is 206 g/mol. The topological polar surface area (TPSA) is 50.9 Å². The highest BCUT2D eigenvalue weighted by Gasteiger charge is 2.06. The molecule has 1 aromatic heterocycles. The SMILES string of the molecule is Cc1csc(CCNCC(C)C(C)N)n1.